The Labute approximate surface area is 121 Å². The van der Waals surface area contributed by atoms with Crippen LogP contribution in [0.1, 0.15) is 17.2 Å². The summed E-state index contributed by atoms with van der Waals surface area (Å²) in [4.78, 5) is 10.3. The van der Waals surface area contributed by atoms with Crippen molar-refractivity contribution in [3.05, 3.63) is 69.8 Å². The fourth-order valence-electron chi connectivity index (χ4n) is 2.23. The second-order valence-electron chi connectivity index (χ2n) is 4.65. The third kappa shape index (κ3) is 2.58. The predicted molar refractivity (Wildman–Crippen MR) is 78.5 cm³/mol. The molecule has 21 heavy (non-hydrogen) atoms. The summed E-state index contributed by atoms with van der Waals surface area (Å²) in [6.07, 6.45) is 3.53. The lowest BCUT2D eigenvalue weighted by atomic mass is 10.0. The predicted octanol–water partition coefficient (Wildman–Crippen LogP) is 3.75. The molecule has 106 valence electrons. The van der Waals surface area contributed by atoms with Gasteiger partial charge < -0.3 is 9.47 Å². The molecule has 0 radical (unpaired) electrons. The van der Waals surface area contributed by atoms with Gasteiger partial charge in [0.05, 0.1) is 12.0 Å². The average Bonchev–Trinajstić information content (AvgIpc) is 2.54. The van der Waals surface area contributed by atoms with Gasteiger partial charge in [-0.2, -0.15) is 0 Å². The van der Waals surface area contributed by atoms with E-state index in [0.29, 0.717) is 11.3 Å². The maximum Gasteiger partial charge on any atom is 0.270 e. The van der Waals surface area contributed by atoms with Crippen LogP contribution in [0.5, 0.6) is 11.5 Å². The maximum absolute atomic E-state index is 10.8. The summed E-state index contributed by atoms with van der Waals surface area (Å²) in [5.74, 6) is 1.43. The summed E-state index contributed by atoms with van der Waals surface area (Å²) in [7, 11) is 1.62. The minimum atomic E-state index is -0.413. The van der Waals surface area contributed by atoms with Gasteiger partial charge in [0.2, 0.25) is 0 Å². The molecule has 1 unspecified atom stereocenters. The van der Waals surface area contributed by atoms with Crippen molar-refractivity contribution in [2.75, 3.05) is 7.11 Å². The smallest absolute Gasteiger partial charge is 0.270 e. The first-order valence-corrected chi connectivity index (χ1v) is 6.44. The highest BCUT2D eigenvalue weighted by Gasteiger charge is 2.18. The quantitative estimate of drug-likeness (QED) is 0.635. The average molecular weight is 283 g/mol. The molecule has 0 spiro atoms. The molecule has 0 saturated heterocycles. The van der Waals surface area contributed by atoms with Gasteiger partial charge in [-0.3, -0.25) is 10.1 Å². The molecule has 0 aromatic heterocycles. The number of fused-ring (bicyclic) bond motifs is 1. The first-order chi connectivity index (χ1) is 10.2. The Morgan fingerprint density at radius 3 is 2.62 bits per heavy atom. The summed E-state index contributed by atoms with van der Waals surface area (Å²) in [5, 5.41) is 10.8. The fraction of sp³-hybridized carbons (Fsp3) is 0.125. The van der Waals surface area contributed by atoms with Crippen molar-refractivity contribution in [1.29, 1.82) is 0 Å². The first kappa shape index (κ1) is 13.2. The molecule has 1 aliphatic heterocycles. The van der Waals surface area contributed by atoms with Crippen molar-refractivity contribution in [2.45, 2.75) is 6.10 Å². The lowest BCUT2D eigenvalue weighted by Crippen LogP contribution is -2.09. The number of hydrogen-bond acceptors (Lipinski definition) is 4. The fourth-order valence-corrected chi connectivity index (χ4v) is 2.23. The molecule has 3 rings (SSSR count). The number of methoxy groups -OCH3 is 1. The Morgan fingerprint density at radius 2 is 1.95 bits per heavy atom. The number of non-ortho nitro benzene ring substituents is 1. The monoisotopic (exact) mass is 283 g/mol. The van der Waals surface area contributed by atoms with Crippen molar-refractivity contribution in [1.82, 2.24) is 0 Å². The van der Waals surface area contributed by atoms with Crippen LogP contribution in [-0.2, 0) is 0 Å². The Morgan fingerprint density at radius 1 is 1.19 bits per heavy atom. The number of hydrogen-bond donors (Lipinski definition) is 0. The van der Waals surface area contributed by atoms with E-state index < -0.39 is 4.92 Å². The molecule has 5 heteroatoms. The van der Waals surface area contributed by atoms with Crippen LogP contribution in [0, 0.1) is 10.1 Å². The number of benzene rings is 2. The largest absolute Gasteiger partial charge is 0.497 e. The van der Waals surface area contributed by atoms with Crippen LogP contribution < -0.4 is 9.47 Å². The Balaban J connectivity index is 1.86. The highest BCUT2D eigenvalue weighted by atomic mass is 16.6. The summed E-state index contributed by atoms with van der Waals surface area (Å²) in [6, 6.07) is 12.2. The van der Waals surface area contributed by atoms with Crippen molar-refractivity contribution in [3.8, 4) is 11.5 Å². The maximum atomic E-state index is 10.8. The zero-order valence-electron chi connectivity index (χ0n) is 11.4. The SMILES string of the molecule is COc1ccc(C2C=Cc3cc([N+](=O)[O-])ccc3O2)cc1. The zero-order valence-corrected chi connectivity index (χ0v) is 11.4. The molecular weight excluding hydrogens is 270 g/mol. The standard InChI is InChI=1S/C16H13NO4/c1-20-14-6-2-11(3-7-14)15-8-4-12-10-13(17(18)19)5-9-16(12)21-15/h2-10,15H,1H3. The van der Waals surface area contributed by atoms with Crippen LogP contribution in [0.25, 0.3) is 6.08 Å². The van der Waals surface area contributed by atoms with Gasteiger partial charge >= 0.3 is 0 Å². The van der Waals surface area contributed by atoms with Crippen molar-refractivity contribution in [3.63, 3.8) is 0 Å². The van der Waals surface area contributed by atoms with Gasteiger partial charge in [-0.05, 0) is 29.8 Å². The lowest BCUT2D eigenvalue weighted by molar-refractivity contribution is -0.384. The molecule has 2 aromatic carbocycles. The van der Waals surface area contributed by atoms with Gasteiger partial charge in [-0.15, -0.1) is 0 Å². The van der Waals surface area contributed by atoms with Gasteiger partial charge in [-0.25, -0.2) is 0 Å². The van der Waals surface area contributed by atoms with E-state index in [-0.39, 0.29) is 11.8 Å². The Bertz CT molecular complexity index is 707. The zero-order chi connectivity index (χ0) is 14.8. The van der Waals surface area contributed by atoms with Gasteiger partial charge in [0.1, 0.15) is 17.6 Å². The van der Waals surface area contributed by atoms with E-state index in [1.165, 1.54) is 12.1 Å². The van der Waals surface area contributed by atoms with Gasteiger partial charge in [0.15, 0.2) is 0 Å². The summed E-state index contributed by atoms with van der Waals surface area (Å²) in [6.45, 7) is 0. The number of nitro benzene ring substituents is 1. The topological polar surface area (TPSA) is 61.6 Å². The highest BCUT2D eigenvalue weighted by Crippen LogP contribution is 2.34. The highest BCUT2D eigenvalue weighted by molar-refractivity contribution is 5.63. The third-order valence-electron chi connectivity index (χ3n) is 3.35. The van der Waals surface area contributed by atoms with Crippen molar-refractivity contribution < 1.29 is 14.4 Å². The molecule has 0 saturated carbocycles. The minimum absolute atomic E-state index is 0.0601. The van der Waals surface area contributed by atoms with Crippen LogP contribution in [0.3, 0.4) is 0 Å². The van der Waals surface area contributed by atoms with E-state index in [0.717, 1.165) is 11.3 Å². The van der Waals surface area contributed by atoms with Gasteiger partial charge in [0.25, 0.3) is 5.69 Å². The summed E-state index contributed by atoms with van der Waals surface area (Å²) < 4.78 is 11.0. The van der Waals surface area contributed by atoms with Gasteiger partial charge in [-0.1, -0.05) is 18.2 Å². The van der Waals surface area contributed by atoms with Crippen molar-refractivity contribution in [2.24, 2.45) is 0 Å². The Kier molecular flexibility index (Phi) is 3.31. The van der Waals surface area contributed by atoms with Crippen LogP contribution in [0.15, 0.2) is 48.5 Å². The van der Waals surface area contributed by atoms with Crippen LogP contribution in [0.4, 0.5) is 5.69 Å². The van der Waals surface area contributed by atoms with E-state index in [4.69, 9.17) is 9.47 Å². The molecule has 0 N–H and O–H groups in total. The van der Waals surface area contributed by atoms with Crippen LogP contribution >= 0.6 is 0 Å². The third-order valence-corrected chi connectivity index (χ3v) is 3.35. The van der Waals surface area contributed by atoms with E-state index in [1.54, 1.807) is 13.2 Å². The molecular formula is C16H13NO4. The second-order valence-corrected chi connectivity index (χ2v) is 4.65. The molecule has 1 aliphatic rings. The van der Waals surface area contributed by atoms with E-state index in [2.05, 4.69) is 0 Å². The lowest BCUT2D eigenvalue weighted by Gasteiger charge is -2.21. The molecule has 5 nitrogen and oxygen atoms in total. The van der Waals surface area contributed by atoms with Crippen molar-refractivity contribution >= 4 is 11.8 Å². The Hall–Kier alpha value is -2.82. The number of ether oxygens (including phenoxy) is 2. The molecule has 0 bridgehead atoms. The minimum Gasteiger partial charge on any atom is -0.497 e. The molecule has 0 amide bonds. The number of rotatable bonds is 3. The number of nitrogens with zero attached hydrogens (tertiary/aromatic N) is 1. The molecule has 1 atom stereocenters. The van der Waals surface area contributed by atoms with Crippen LogP contribution in [0.2, 0.25) is 0 Å². The van der Waals surface area contributed by atoms with E-state index in [9.17, 15) is 10.1 Å². The second kappa shape index (κ2) is 5.28. The normalized spacial score (nSPS) is 16.0. The molecule has 2 aromatic rings. The molecule has 1 heterocycles. The summed E-state index contributed by atoms with van der Waals surface area (Å²) in [5.41, 5.74) is 1.77. The van der Waals surface area contributed by atoms with Crippen LogP contribution in [-0.4, -0.2) is 12.0 Å². The van der Waals surface area contributed by atoms with E-state index >= 15 is 0 Å². The van der Waals surface area contributed by atoms with E-state index in [1.807, 2.05) is 36.4 Å². The summed E-state index contributed by atoms with van der Waals surface area (Å²) >= 11 is 0. The molecule has 0 aliphatic carbocycles. The van der Waals surface area contributed by atoms with Gasteiger partial charge in [0, 0.05) is 17.7 Å². The first-order valence-electron chi connectivity index (χ1n) is 6.44. The molecule has 0 fully saturated rings. The number of nitro groups is 1.